The minimum atomic E-state index is 0.752. The van der Waals surface area contributed by atoms with E-state index in [1.165, 1.54) is 0 Å². The highest BCUT2D eigenvalue weighted by atomic mass is 14.7. The van der Waals surface area contributed by atoms with Crippen LogP contribution in [0.4, 0.5) is 11.4 Å². The molecule has 0 amide bonds. The summed E-state index contributed by atoms with van der Waals surface area (Å²) in [6.07, 6.45) is 7.77. The maximum Gasteiger partial charge on any atom is 0.0638 e. The van der Waals surface area contributed by atoms with Gasteiger partial charge in [-0.3, -0.25) is 0 Å². The molecular formula is C13H12N2. The Kier molecular flexibility index (Phi) is 2.50. The van der Waals surface area contributed by atoms with E-state index in [0.29, 0.717) is 0 Å². The molecule has 0 spiro atoms. The number of rotatable bonds is 1. The average Bonchev–Trinajstić information content (AvgIpc) is 2.25. The van der Waals surface area contributed by atoms with Crippen molar-refractivity contribution in [3.63, 3.8) is 0 Å². The van der Waals surface area contributed by atoms with Crippen LogP contribution in [0.3, 0.4) is 0 Å². The van der Waals surface area contributed by atoms with Gasteiger partial charge in [0.2, 0.25) is 0 Å². The molecule has 74 valence electrons. The van der Waals surface area contributed by atoms with Crippen molar-refractivity contribution in [2.24, 2.45) is 4.99 Å². The van der Waals surface area contributed by atoms with E-state index in [9.17, 15) is 0 Å². The summed E-state index contributed by atoms with van der Waals surface area (Å²) in [5.41, 5.74) is 9.16. The fraction of sp³-hybridized carbons (Fsp3) is 0. The maximum atomic E-state index is 5.59. The third kappa shape index (κ3) is 2.44. The van der Waals surface area contributed by atoms with Crippen molar-refractivity contribution in [3.8, 4) is 0 Å². The fourth-order valence-electron chi connectivity index (χ4n) is 1.27. The number of nitrogen functional groups attached to an aromatic ring is 1. The first-order valence-corrected chi connectivity index (χ1v) is 4.73. The van der Waals surface area contributed by atoms with Crippen molar-refractivity contribution < 1.29 is 0 Å². The minimum Gasteiger partial charge on any atom is -0.399 e. The molecule has 2 heteroatoms. The Balaban J connectivity index is 2.24. The topological polar surface area (TPSA) is 38.4 Å². The highest BCUT2D eigenvalue weighted by Crippen LogP contribution is 2.16. The van der Waals surface area contributed by atoms with Crippen LogP contribution in [0.2, 0.25) is 0 Å². The fourth-order valence-corrected chi connectivity index (χ4v) is 1.27. The average molecular weight is 196 g/mol. The summed E-state index contributed by atoms with van der Waals surface area (Å²) >= 11 is 0. The van der Waals surface area contributed by atoms with Crippen LogP contribution in [0.1, 0.15) is 0 Å². The molecule has 0 fully saturated rings. The van der Waals surface area contributed by atoms with Gasteiger partial charge in [0.05, 0.1) is 11.4 Å². The number of allylic oxidation sites excluding steroid dienone is 5. The van der Waals surface area contributed by atoms with E-state index >= 15 is 0 Å². The molecule has 0 aromatic heterocycles. The molecule has 0 saturated heterocycles. The molecule has 0 atom stereocenters. The Morgan fingerprint density at radius 3 is 2.13 bits per heavy atom. The first-order chi connectivity index (χ1) is 7.24. The van der Waals surface area contributed by atoms with Crippen LogP contribution in [-0.4, -0.2) is 5.71 Å². The minimum absolute atomic E-state index is 0.752. The Bertz CT molecular complexity index is 444. The lowest BCUT2D eigenvalue weighted by atomic mass is 10.1. The Labute approximate surface area is 89.1 Å². The zero-order valence-corrected chi connectivity index (χ0v) is 8.35. The first-order valence-electron chi connectivity index (χ1n) is 4.73. The number of anilines is 1. The van der Waals surface area contributed by atoms with E-state index < -0.39 is 0 Å². The Hall–Kier alpha value is -2.09. The number of hydrogen-bond acceptors (Lipinski definition) is 2. The van der Waals surface area contributed by atoms with Crippen LogP contribution in [0.5, 0.6) is 0 Å². The van der Waals surface area contributed by atoms with Crippen LogP contribution < -0.4 is 5.73 Å². The lowest BCUT2D eigenvalue weighted by Crippen LogP contribution is -1.92. The van der Waals surface area contributed by atoms with E-state index in [1.807, 2.05) is 48.6 Å². The summed E-state index contributed by atoms with van der Waals surface area (Å²) < 4.78 is 0. The van der Waals surface area contributed by atoms with Gasteiger partial charge in [0.25, 0.3) is 0 Å². The normalized spacial score (nSPS) is 14.4. The van der Waals surface area contributed by atoms with Crippen molar-refractivity contribution in [2.45, 2.75) is 0 Å². The molecule has 0 unspecified atom stereocenters. The zero-order valence-electron chi connectivity index (χ0n) is 8.35. The number of benzene rings is 1. The number of aliphatic imine (C=N–C) groups is 1. The molecular weight excluding hydrogens is 184 g/mol. The third-order valence-electron chi connectivity index (χ3n) is 2.09. The lowest BCUT2D eigenvalue weighted by Gasteiger charge is -2.01. The van der Waals surface area contributed by atoms with Crippen LogP contribution >= 0.6 is 0 Å². The van der Waals surface area contributed by atoms with Gasteiger partial charge in [0, 0.05) is 5.69 Å². The number of nitrogens with two attached hydrogens (primary N) is 1. The molecule has 1 aliphatic carbocycles. The second-order valence-electron chi connectivity index (χ2n) is 3.37. The molecule has 0 heterocycles. The number of nitrogens with zero attached hydrogens (tertiary/aromatic N) is 1. The molecule has 0 saturated carbocycles. The van der Waals surface area contributed by atoms with E-state index in [4.69, 9.17) is 5.73 Å². The highest BCUT2D eigenvalue weighted by Gasteiger charge is 1.96. The summed E-state index contributed by atoms with van der Waals surface area (Å²) in [4.78, 5) is 4.44. The van der Waals surface area contributed by atoms with E-state index in [-0.39, 0.29) is 0 Å². The van der Waals surface area contributed by atoms with Crippen LogP contribution in [0, 0.1) is 0 Å². The standard InChI is InChI=1S/C13H12N2/c1-10-2-6-12(7-3-10)15-13-8-4-11(14)5-9-13/h2-9H,1,14H2. The van der Waals surface area contributed by atoms with Gasteiger partial charge in [-0.2, -0.15) is 0 Å². The quantitative estimate of drug-likeness (QED) is 0.689. The van der Waals surface area contributed by atoms with Gasteiger partial charge >= 0.3 is 0 Å². The van der Waals surface area contributed by atoms with Crippen molar-refractivity contribution in [1.29, 1.82) is 0 Å². The van der Waals surface area contributed by atoms with Gasteiger partial charge in [-0.1, -0.05) is 18.7 Å². The third-order valence-corrected chi connectivity index (χ3v) is 2.09. The SMILES string of the molecule is C=C1C=CC(=Nc2ccc(N)cc2)C=C1. The van der Waals surface area contributed by atoms with Gasteiger partial charge in [0.15, 0.2) is 0 Å². The van der Waals surface area contributed by atoms with Crippen molar-refractivity contribution >= 4 is 17.1 Å². The zero-order chi connectivity index (χ0) is 10.7. The second kappa shape index (κ2) is 3.96. The van der Waals surface area contributed by atoms with Crippen molar-refractivity contribution in [1.82, 2.24) is 0 Å². The maximum absolute atomic E-state index is 5.59. The Morgan fingerprint density at radius 1 is 0.933 bits per heavy atom. The Morgan fingerprint density at radius 2 is 1.53 bits per heavy atom. The van der Waals surface area contributed by atoms with Crippen LogP contribution in [0.25, 0.3) is 0 Å². The van der Waals surface area contributed by atoms with Gasteiger partial charge in [0.1, 0.15) is 0 Å². The predicted molar refractivity (Wildman–Crippen MR) is 65.4 cm³/mol. The van der Waals surface area contributed by atoms with Gasteiger partial charge < -0.3 is 5.73 Å². The smallest absolute Gasteiger partial charge is 0.0638 e. The largest absolute Gasteiger partial charge is 0.399 e. The monoisotopic (exact) mass is 196 g/mol. The molecule has 0 bridgehead atoms. The van der Waals surface area contributed by atoms with Crippen molar-refractivity contribution in [3.05, 3.63) is 60.7 Å². The summed E-state index contributed by atoms with van der Waals surface area (Å²) in [5, 5.41) is 0. The molecule has 0 aliphatic heterocycles. The van der Waals surface area contributed by atoms with Crippen molar-refractivity contribution in [2.75, 3.05) is 5.73 Å². The molecule has 2 nitrogen and oxygen atoms in total. The summed E-state index contributed by atoms with van der Waals surface area (Å²) in [6, 6.07) is 7.48. The van der Waals surface area contributed by atoms with Crippen LogP contribution in [0.15, 0.2) is 65.7 Å². The van der Waals surface area contributed by atoms with Crippen LogP contribution in [-0.2, 0) is 0 Å². The lowest BCUT2D eigenvalue weighted by molar-refractivity contribution is 1.51. The molecule has 1 aromatic rings. The number of hydrogen-bond donors (Lipinski definition) is 1. The highest BCUT2D eigenvalue weighted by molar-refractivity contribution is 6.07. The second-order valence-corrected chi connectivity index (χ2v) is 3.37. The molecule has 0 radical (unpaired) electrons. The molecule has 1 aliphatic rings. The van der Waals surface area contributed by atoms with E-state index in [2.05, 4.69) is 11.6 Å². The van der Waals surface area contributed by atoms with E-state index in [0.717, 1.165) is 22.7 Å². The predicted octanol–water partition coefficient (Wildman–Crippen LogP) is 3.02. The molecule has 15 heavy (non-hydrogen) atoms. The van der Waals surface area contributed by atoms with Gasteiger partial charge in [-0.25, -0.2) is 4.99 Å². The molecule has 1 aromatic carbocycles. The summed E-state index contributed by atoms with van der Waals surface area (Å²) in [5.74, 6) is 0. The molecule has 2 rings (SSSR count). The van der Waals surface area contributed by atoms with Gasteiger partial charge in [-0.05, 0) is 42.0 Å². The van der Waals surface area contributed by atoms with Gasteiger partial charge in [-0.15, -0.1) is 0 Å². The summed E-state index contributed by atoms with van der Waals surface area (Å²) in [7, 11) is 0. The first kappa shape index (κ1) is 9.46. The summed E-state index contributed by atoms with van der Waals surface area (Å²) in [6.45, 7) is 3.82. The van der Waals surface area contributed by atoms with E-state index in [1.54, 1.807) is 0 Å². The molecule has 2 N–H and O–H groups in total.